The molecule has 2 rings (SSSR count). The van der Waals surface area contributed by atoms with E-state index in [-0.39, 0.29) is 30.1 Å². The molecule has 0 aliphatic rings. The predicted molar refractivity (Wildman–Crippen MR) is 110 cm³/mol. The lowest BCUT2D eigenvalue weighted by Crippen LogP contribution is -2.40. The molecule has 0 unspecified atom stereocenters. The van der Waals surface area contributed by atoms with Crippen molar-refractivity contribution >= 4 is 38.9 Å². The number of rotatable bonds is 8. The van der Waals surface area contributed by atoms with Gasteiger partial charge in [-0.3, -0.25) is 9.59 Å². The summed E-state index contributed by atoms with van der Waals surface area (Å²) in [5.74, 6) is -2.95. The van der Waals surface area contributed by atoms with Gasteiger partial charge in [0, 0.05) is 30.2 Å². The van der Waals surface area contributed by atoms with E-state index in [0.29, 0.717) is 15.5 Å². The Labute approximate surface area is 182 Å². The highest BCUT2D eigenvalue weighted by Crippen LogP contribution is 2.21. The topological polar surface area (TPSA) is 83.6 Å². The van der Waals surface area contributed by atoms with E-state index in [9.17, 15) is 31.2 Å². The smallest absolute Gasteiger partial charge is 0.331 e. The fourth-order valence-electron chi connectivity index (χ4n) is 2.68. The van der Waals surface area contributed by atoms with E-state index in [2.05, 4.69) is 5.32 Å². The average Bonchev–Trinajstić information content (AvgIpc) is 2.70. The minimum absolute atomic E-state index is 0.0423. The Balaban J connectivity index is 1.99. The third-order valence-electron chi connectivity index (χ3n) is 4.27. The summed E-state index contributed by atoms with van der Waals surface area (Å²) in [6.45, 7) is 0.997. The number of benzene rings is 2. The minimum Gasteiger partial charge on any atom is -0.331 e. The molecule has 2 amide bonds. The second kappa shape index (κ2) is 10.1. The third kappa shape index (κ3) is 7.25. The molecule has 0 saturated carbocycles. The van der Waals surface area contributed by atoms with Gasteiger partial charge in [-0.05, 0) is 48.9 Å². The van der Waals surface area contributed by atoms with Crippen LogP contribution in [0.4, 0.5) is 18.9 Å². The van der Waals surface area contributed by atoms with Crippen molar-refractivity contribution in [2.24, 2.45) is 0 Å². The van der Waals surface area contributed by atoms with Crippen LogP contribution in [0, 0.1) is 0 Å². The largest absolute Gasteiger partial charge is 0.471 e. The number of carbonyl (C=O) groups excluding carboxylic acids is 2. The molecule has 6 nitrogen and oxygen atoms in total. The van der Waals surface area contributed by atoms with Crippen LogP contribution in [0.1, 0.15) is 18.9 Å². The number of anilines is 1. The van der Waals surface area contributed by atoms with E-state index in [1.54, 1.807) is 0 Å². The molecule has 31 heavy (non-hydrogen) atoms. The van der Waals surface area contributed by atoms with Crippen molar-refractivity contribution < 1.29 is 31.2 Å². The fourth-order valence-corrected chi connectivity index (χ4v) is 4.05. The number of alkyl halides is 3. The van der Waals surface area contributed by atoms with Crippen molar-refractivity contribution in [1.82, 2.24) is 4.90 Å². The molecule has 2 aromatic carbocycles. The first kappa shape index (κ1) is 24.7. The molecular formula is C20H20ClF3N2O4S. The highest BCUT2D eigenvalue weighted by atomic mass is 35.5. The van der Waals surface area contributed by atoms with Gasteiger partial charge in [0.05, 0.1) is 10.6 Å². The molecule has 0 aliphatic heterocycles. The number of carbonyl (C=O) groups is 2. The summed E-state index contributed by atoms with van der Waals surface area (Å²) in [6.07, 6.45) is -5.29. The number of hydrogen-bond acceptors (Lipinski definition) is 4. The van der Waals surface area contributed by atoms with Crippen molar-refractivity contribution in [3.8, 4) is 0 Å². The summed E-state index contributed by atoms with van der Waals surface area (Å²) in [5.41, 5.74) is 0.660. The van der Waals surface area contributed by atoms with Crippen LogP contribution in [0.3, 0.4) is 0 Å². The highest BCUT2D eigenvalue weighted by molar-refractivity contribution is 7.91. The van der Waals surface area contributed by atoms with E-state index >= 15 is 0 Å². The van der Waals surface area contributed by atoms with Crippen molar-refractivity contribution in [3.63, 3.8) is 0 Å². The number of nitrogens with zero attached hydrogens (tertiary/aromatic N) is 1. The molecule has 0 fully saturated rings. The summed E-state index contributed by atoms with van der Waals surface area (Å²) in [5, 5.41) is 2.90. The van der Waals surface area contributed by atoms with Gasteiger partial charge in [-0.15, -0.1) is 0 Å². The summed E-state index contributed by atoms with van der Waals surface area (Å²) in [7, 11) is -3.69. The molecule has 0 heterocycles. The van der Waals surface area contributed by atoms with Gasteiger partial charge in [-0.25, -0.2) is 8.42 Å². The lowest BCUT2D eigenvalue weighted by molar-refractivity contribution is -0.185. The zero-order chi connectivity index (χ0) is 23.2. The first-order valence-electron chi connectivity index (χ1n) is 9.15. The summed E-state index contributed by atoms with van der Waals surface area (Å²) >= 11 is 5.74. The van der Waals surface area contributed by atoms with Crippen molar-refractivity contribution in [3.05, 3.63) is 59.1 Å². The van der Waals surface area contributed by atoms with Crippen LogP contribution in [0.5, 0.6) is 0 Å². The molecule has 0 aliphatic carbocycles. The Hall–Kier alpha value is -2.59. The minimum atomic E-state index is -4.97. The number of halogens is 4. The monoisotopic (exact) mass is 476 g/mol. The van der Waals surface area contributed by atoms with Gasteiger partial charge in [0.1, 0.15) is 0 Å². The Morgan fingerprint density at radius 1 is 1.10 bits per heavy atom. The third-order valence-corrected chi connectivity index (χ3v) is 6.25. The molecular weight excluding hydrogens is 457 g/mol. The van der Waals surface area contributed by atoms with Gasteiger partial charge >= 0.3 is 12.1 Å². The van der Waals surface area contributed by atoms with Gasteiger partial charge in [0.15, 0.2) is 9.84 Å². The molecule has 168 valence electrons. The van der Waals surface area contributed by atoms with Crippen molar-refractivity contribution in [1.29, 1.82) is 0 Å². The molecule has 0 spiro atoms. The Morgan fingerprint density at radius 3 is 2.32 bits per heavy atom. The Morgan fingerprint density at radius 2 is 1.74 bits per heavy atom. The van der Waals surface area contributed by atoms with Crippen LogP contribution >= 0.6 is 11.6 Å². The van der Waals surface area contributed by atoms with E-state index in [4.69, 9.17) is 11.6 Å². The number of sulfone groups is 1. The maximum Gasteiger partial charge on any atom is 0.471 e. The molecule has 2 aromatic rings. The Bertz CT molecular complexity index is 1040. The number of amides is 2. The SMILES string of the molecule is CCN(Cc1cccc(NC(=O)CCS(=O)(=O)c2ccc(Cl)cc2)c1)C(=O)C(F)(F)F. The lowest BCUT2D eigenvalue weighted by Gasteiger charge is -2.22. The molecule has 0 bridgehead atoms. The zero-order valence-corrected chi connectivity index (χ0v) is 18.0. The lowest BCUT2D eigenvalue weighted by atomic mass is 10.2. The van der Waals surface area contributed by atoms with Crippen molar-refractivity contribution in [2.75, 3.05) is 17.6 Å². The molecule has 0 aromatic heterocycles. The van der Waals surface area contributed by atoms with Crippen LogP contribution in [0.2, 0.25) is 5.02 Å². The van der Waals surface area contributed by atoms with Crippen LogP contribution in [-0.4, -0.2) is 43.6 Å². The number of hydrogen-bond donors (Lipinski definition) is 1. The predicted octanol–water partition coefficient (Wildman–Crippen LogP) is 4.05. The van der Waals surface area contributed by atoms with E-state index < -0.39 is 33.6 Å². The molecule has 11 heteroatoms. The zero-order valence-electron chi connectivity index (χ0n) is 16.4. The maximum absolute atomic E-state index is 12.7. The Kier molecular flexibility index (Phi) is 8.08. The van der Waals surface area contributed by atoms with Gasteiger partial charge in [-0.2, -0.15) is 13.2 Å². The second-order valence-electron chi connectivity index (χ2n) is 6.59. The highest BCUT2D eigenvalue weighted by Gasteiger charge is 2.41. The molecule has 1 N–H and O–H groups in total. The van der Waals surface area contributed by atoms with Gasteiger partial charge < -0.3 is 10.2 Å². The van der Waals surface area contributed by atoms with Crippen LogP contribution in [-0.2, 0) is 26.0 Å². The van der Waals surface area contributed by atoms with E-state index in [1.807, 2.05) is 0 Å². The molecule has 0 radical (unpaired) electrons. The molecule has 0 atom stereocenters. The molecule has 0 saturated heterocycles. The van der Waals surface area contributed by atoms with Gasteiger partial charge in [0.2, 0.25) is 5.91 Å². The average molecular weight is 477 g/mol. The van der Waals surface area contributed by atoms with Crippen molar-refractivity contribution in [2.45, 2.75) is 31.0 Å². The second-order valence-corrected chi connectivity index (χ2v) is 9.13. The summed E-state index contributed by atoms with van der Waals surface area (Å²) in [4.78, 5) is 24.3. The number of nitrogens with one attached hydrogen (secondary N) is 1. The van der Waals surface area contributed by atoms with Crippen LogP contribution in [0.15, 0.2) is 53.4 Å². The fraction of sp³-hybridized carbons (Fsp3) is 0.300. The first-order valence-corrected chi connectivity index (χ1v) is 11.2. The normalized spacial score (nSPS) is 11.8. The van der Waals surface area contributed by atoms with Crippen LogP contribution in [0.25, 0.3) is 0 Å². The first-order chi connectivity index (χ1) is 14.4. The van der Waals surface area contributed by atoms with Crippen LogP contribution < -0.4 is 5.32 Å². The van der Waals surface area contributed by atoms with E-state index in [1.165, 1.54) is 55.5 Å². The van der Waals surface area contributed by atoms with Gasteiger partial charge in [-0.1, -0.05) is 23.7 Å². The summed E-state index contributed by atoms with van der Waals surface area (Å²) in [6, 6.07) is 11.5. The van der Waals surface area contributed by atoms with Gasteiger partial charge in [0.25, 0.3) is 0 Å². The maximum atomic E-state index is 12.7. The van der Waals surface area contributed by atoms with E-state index in [0.717, 1.165) is 0 Å². The quantitative estimate of drug-likeness (QED) is 0.623. The summed E-state index contributed by atoms with van der Waals surface area (Å²) < 4.78 is 62.6. The standard InChI is InChI=1S/C20H20ClF3N2O4S/c1-2-26(19(28)20(22,23)24)13-14-4-3-5-16(12-14)25-18(27)10-11-31(29,30)17-8-6-15(21)7-9-17/h3-9,12H,2,10-11,13H2,1H3,(H,25,27).